The molecule has 21 heavy (non-hydrogen) atoms. The lowest BCUT2D eigenvalue weighted by Gasteiger charge is -2.37. The van der Waals surface area contributed by atoms with Gasteiger partial charge in [0.05, 0.1) is 0 Å². The normalized spacial score (nSPS) is 18.5. The maximum absolute atomic E-state index is 14.0. The summed E-state index contributed by atoms with van der Waals surface area (Å²) >= 11 is 6.14. The van der Waals surface area contributed by atoms with E-state index < -0.39 is 0 Å². The van der Waals surface area contributed by atoms with Crippen LogP contribution in [0.1, 0.15) is 22.7 Å². The fourth-order valence-electron chi connectivity index (χ4n) is 3.06. The molecule has 110 valence electrons. The molecular weight excluding hydrogens is 287 g/mol. The largest absolute Gasteiger partial charge is 0.329 e. The lowest BCUT2D eigenvalue weighted by Crippen LogP contribution is -2.39. The summed E-state index contributed by atoms with van der Waals surface area (Å²) in [4.78, 5) is 2.21. The minimum Gasteiger partial charge on any atom is -0.329 e. The Labute approximate surface area is 129 Å². The van der Waals surface area contributed by atoms with Crippen molar-refractivity contribution in [3.63, 3.8) is 0 Å². The quantitative estimate of drug-likeness (QED) is 0.940. The van der Waals surface area contributed by atoms with Gasteiger partial charge in [-0.1, -0.05) is 41.9 Å². The van der Waals surface area contributed by atoms with Crippen LogP contribution in [0, 0.1) is 5.82 Å². The first kappa shape index (κ1) is 14.5. The van der Waals surface area contributed by atoms with Gasteiger partial charge in [-0.25, -0.2) is 4.39 Å². The topological polar surface area (TPSA) is 29.3 Å². The summed E-state index contributed by atoms with van der Waals surface area (Å²) in [5, 5.41) is 0.477. The van der Waals surface area contributed by atoms with Gasteiger partial charge in [0.15, 0.2) is 0 Å². The lowest BCUT2D eigenvalue weighted by molar-refractivity contribution is 0.178. The fraction of sp³-hybridized carbons (Fsp3) is 0.294. The van der Waals surface area contributed by atoms with Gasteiger partial charge in [0.1, 0.15) is 5.82 Å². The van der Waals surface area contributed by atoms with Gasteiger partial charge in [0.2, 0.25) is 0 Å². The molecule has 1 heterocycles. The molecule has 0 bridgehead atoms. The Balaban J connectivity index is 1.90. The average molecular weight is 305 g/mol. The summed E-state index contributed by atoms with van der Waals surface area (Å²) in [5.41, 5.74) is 9.11. The SMILES string of the molecule is NCC1c2ccccc2CCN1Cc1c(F)cccc1Cl. The van der Waals surface area contributed by atoms with Crippen LogP contribution >= 0.6 is 11.6 Å². The maximum Gasteiger partial charge on any atom is 0.129 e. The minimum absolute atomic E-state index is 0.116. The van der Waals surface area contributed by atoms with Crippen LogP contribution in [0.3, 0.4) is 0 Å². The monoisotopic (exact) mass is 304 g/mol. The van der Waals surface area contributed by atoms with Gasteiger partial charge >= 0.3 is 0 Å². The van der Waals surface area contributed by atoms with Crippen LogP contribution in [0.5, 0.6) is 0 Å². The first-order valence-electron chi connectivity index (χ1n) is 7.15. The lowest BCUT2D eigenvalue weighted by atomic mass is 9.92. The highest BCUT2D eigenvalue weighted by molar-refractivity contribution is 6.31. The summed E-state index contributed by atoms with van der Waals surface area (Å²) < 4.78 is 14.0. The molecule has 0 saturated heterocycles. The molecule has 0 aromatic heterocycles. The van der Waals surface area contributed by atoms with E-state index in [0.717, 1.165) is 13.0 Å². The molecule has 0 amide bonds. The van der Waals surface area contributed by atoms with Gasteiger partial charge in [-0.2, -0.15) is 0 Å². The Morgan fingerprint density at radius 3 is 2.76 bits per heavy atom. The third-order valence-electron chi connectivity index (χ3n) is 4.17. The number of hydrogen-bond acceptors (Lipinski definition) is 2. The van der Waals surface area contributed by atoms with Gasteiger partial charge in [0, 0.05) is 36.3 Å². The number of fused-ring (bicyclic) bond motifs is 1. The van der Waals surface area contributed by atoms with E-state index in [2.05, 4.69) is 23.1 Å². The number of benzene rings is 2. The molecule has 1 aliphatic heterocycles. The molecule has 0 spiro atoms. The zero-order valence-corrected chi connectivity index (χ0v) is 12.5. The molecule has 0 saturated carbocycles. The van der Waals surface area contributed by atoms with Crippen LogP contribution in [0.25, 0.3) is 0 Å². The molecule has 2 aromatic carbocycles. The fourth-order valence-corrected chi connectivity index (χ4v) is 3.28. The van der Waals surface area contributed by atoms with Crippen molar-refractivity contribution in [1.82, 2.24) is 4.90 Å². The van der Waals surface area contributed by atoms with Crippen LogP contribution in [0.15, 0.2) is 42.5 Å². The molecule has 2 N–H and O–H groups in total. The second kappa shape index (κ2) is 6.14. The minimum atomic E-state index is -0.253. The Morgan fingerprint density at radius 1 is 1.19 bits per heavy atom. The molecule has 0 fully saturated rings. The molecule has 0 radical (unpaired) electrons. The van der Waals surface area contributed by atoms with Gasteiger partial charge in [-0.3, -0.25) is 4.90 Å². The third kappa shape index (κ3) is 2.82. The van der Waals surface area contributed by atoms with Crippen LogP contribution in [0.4, 0.5) is 4.39 Å². The second-order valence-electron chi connectivity index (χ2n) is 5.37. The summed E-state index contributed by atoms with van der Waals surface area (Å²) in [6, 6.07) is 13.3. The second-order valence-corrected chi connectivity index (χ2v) is 5.78. The average Bonchev–Trinajstić information content (AvgIpc) is 2.50. The zero-order valence-electron chi connectivity index (χ0n) is 11.7. The summed E-state index contributed by atoms with van der Waals surface area (Å²) in [6.07, 6.45) is 0.957. The molecule has 2 aromatic rings. The van der Waals surface area contributed by atoms with Gasteiger partial charge in [-0.15, -0.1) is 0 Å². The van der Waals surface area contributed by atoms with Crippen molar-refractivity contribution >= 4 is 11.6 Å². The van der Waals surface area contributed by atoms with Crippen LogP contribution in [-0.2, 0) is 13.0 Å². The Hall–Kier alpha value is -1.42. The smallest absolute Gasteiger partial charge is 0.129 e. The van der Waals surface area contributed by atoms with E-state index in [9.17, 15) is 4.39 Å². The van der Waals surface area contributed by atoms with Crippen molar-refractivity contribution < 1.29 is 4.39 Å². The predicted molar refractivity (Wildman–Crippen MR) is 83.8 cm³/mol. The number of hydrogen-bond donors (Lipinski definition) is 1. The van der Waals surface area contributed by atoms with E-state index in [1.54, 1.807) is 12.1 Å². The number of rotatable bonds is 3. The van der Waals surface area contributed by atoms with E-state index >= 15 is 0 Å². The van der Waals surface area contributed by atoms with Gasteiger partial charge in [-0.05, 0) is 29.7 Å². The highest BCUT2D eigenvalue weighted by atomic mass is 35.5. The molecule has 1 aliphatic rings. The van der Waals surface area contributed by atoms with Crippen molar-refractivity contribution in [2.24, 2.45) is 5.73 Å². The summed E-state index contributed by atoms with van der Waals surface area (Å²) in [6.45, 7) is 1.87. The van der Waals surface area contributed by atoms with E-state index in [-0.39, 0.29) is 11.9 Å². The van der Waals surface area contributed by atoms with E-state index in [4.69, 9.17) is 17.3 Å². The first-order valence-corrected chi connectivity index (χ1v) is 7.53. The van der Waals surface area contributed by atoms with Gasteiger partial charge < -0.3 is 5.73 Å². The van der Waals surface area contributed by atoms with E-state index in [1.165, 1.54) is 17.2 Å². The van der Waals surface area contributed by atoms with Crippen molar-refractivity contribution in [2.75, 3.05) is 13.1 Å². The van der Waals surface area contributed by atoms with Crippen molar-refractivity contribution in [2.45, 2.75) is 19.0 Å². The van der Waals surface area contributed by atoms with E-state index in [0.29, 0.717) is 23.7 Å². The molecule has 3 rings (SSSR count). The Kier molecular flexibility index (Phi) is 4.24. The van der Waals surface area contributed by atoms with Crippen LogP contribution in [0.2, 0.25) is 5.02 Å². The molecule has 2 nitrogen and oxygen atoms in total. The number of nitrogens with two attached hydrogens (primary N) is 1. The highest BCUT2D eigenvalue weighted by Crippen LogP contribution is 2.31. The third-order valence-corrected chi connectivity index (χ3v) is 4.52. The zero-order chi connectivity index (χ0) is 14.8. The summed E-state index contributed by atoms with van der Waals surface area (Å²) in [7, 11) is 0. The molecular formula is C17H18ClFN2. The van der Waals surface area contributed by atoms with Crippen molar-refractivity contribution in [3.05, 3.63) is 70.0 Å². The summed E-state index contributed by atoms with van der Waals surface area (Å²) in [5.74, 6) is -0.253. The first-order chi connectivity index (χ1) is 10.2. The molecule has 0 aliphatic carbocycles. The number of halogens is 2. The van der Waals surface area contributed by atoms with Crippen LogP contribution in [-0.4, -0.2) is 18.0 Å². The molecule has 4 heteroatoms. The standard InChI is InChI=1S/C17H18ClFN2/c18-15-6-3-7-16(19)14(15)11-21-9-8-12-4-1-2-5-13(12)17(21)10-20/h1-7,17H,8-11,20H2. The Morgan fingerprint density at radius 2 is 2.00 bits per heavy atom. The van der Waals surface area contributed by atoms with Crippen LogP contribution < -0.4 is 5.73 Å². The molecule has 1 atom stereocenters. The number of nitrogens with zero attached hydrogens (tertiary/aromatic N) is 1. The van der Waals surface area contributed by atoms with Gasteiger partial charge in [0.25, 0.3) is 0 Å². The van der Waals surface area contributed by atoms with Crippen molar-refractivity contribution in [3.8, 4) is 0 Å². The predicted octanol–water partition coefficient (Wildman–Crippen LogP) is 3.54. The molecule has 1 unspecified atom stereocenters. The van der Waals surface area contributed by atoms with E-state index in [1.807, 2.05) is 6.07 Å². The maximum atomic E-state index is 14.0. The van der Waals surface area contributed by atoms with Crippen molar-refractivity contribution in [1.29, 1.82) is 0 Å². The highest BCUT2D eigenvalue weighted by Gasteiger charge is 2.27. The Bertz CT molecular complexity index is 624.